The second-order valence-corrected chi connectivity index (χ2v) is 9.37. The monoisotopic (exact) mass is 407 g/mol. The number of hydrogen-bond acceptors (Lipinski definition) is 4. The smallest absolute Gasteiger partial charge is 0.257 e. The van der Waals surface area contributed by atoms with Crippen LogP contribution in [0, 0.1) is 0 Å². The van der Waals surface area contributed by atoms with Gasteiger partial charge in [0, 0.05) is 41.8 Å². The van der Waals surface area contributed by atoms with Gasteiger partial charge in [-0.3, -0.25) is 9.59 Å². The van der Waals surface area contributed by atoms with Gasteiger partial charge >= 0.3 is 0 Å². The summed E-state index contributed by atoms with van der Waals surface area (Å²) in [7, 11) is 4.09. The molecule has 0 radical (unpaired) electrons. The number of likely N-dealkylation sites (N-methyl/N-ethyl adjacent to an activating group) is 1. The van der Waals surface area contributed by atoms with E-state index in [4.69, 9.17) is 4.42 Å². The van der Waals surface area contributed by atoms with E-state index >= 15 is 0 Å². The number of carbonyl (C=O) groups is 1. The van der Waals surface area contributed by atoms with Crippen molar-refractivity contribution in [2.75, 3.05) is 27.2 Å². The fraction of sp³-hybridized carbons (Fsp3) is 0.417. The molecule has 30 heavy (non-hydrogen) atoms. The van der Waals surface area contributed by atoms with E-state index < -0.39 is 0 Å². The van der Waals surface area contributed by atoms with Crippen LogP contribution in [0.1, 0.15) is 43.1 Å². The Morgan fingerprint density at radius 1 is 1.27 bits per heavy atom. The van der Waals surface area contributed by atoms with E-state index in [1.165, 1.54) is 0 Å². The highest BCUT2D eigenvalue weighted by Crippen LogP contribution is 2.37. The van der Waals surface area contributed by atoms with Gasteiger partial charge in [0.25, 0.3) is 11.5 Å². The van der Waals surface area contributed by atoms with E-state index in [1.807, 2.05) is 37.2 Å². The van der Waals surface area contributed by atoms with Crippen LogP contribution in [0.15, 0.2) is 45.9 Å². The van der Waals surface area contributed by atoms with Gasteiger partial charge in [0.2, 0.25) is 0 Å². The lowest BCUT2D eigenvalue weighted by atomic mass is 9.84. The number of hydrogen-bond donors (Lipinski definition) is 1. The number of carbonyl (C=O) groups excluding carboxylic acids is 1. The zero-order chi connectivity index (χ0) is 21.6. The molecule has 3 heterocycles. The van der Waals surface area contributed by atoms with E-state index in [1.54, 1.807) is 18.5 Å². The topological polar surface area (TPSA) is 69.5 Å². The molecule has 158 valence electrons. The lowest BCUT2D eigenvalue weighted by molar-refractivity contribution is 0.0784. The van der Waals surface area contributed by atoms with Crippen LogP contribution >= 0.6 is 0 Å². The van der Waals surface area contributed by atoms with E-state index in [-0.39, 0.29) is 16.9 Å². The number of pyridine rings is 1. The number of fused-ring (bicyclic) bond motifs is 1. The summed E-state index contributed by atoms with van der Waals surface area (Å²) in [5, 5.41) is 0.763. The van der Waals surface area contributed by atoms with E-state index in [2.05, 4.69) is 30.7 Å². The normalized spacial score (nSPS) is 17.3. The molecule has 0 spiro atoms. The Labute approximate surface area is 176 Å². The van der Waals surface area contributed by atoms with E-state index in [0.29, 0.717) is 29.3 Å². The van der Waals surface area contributed by atoms with Crippen LogP contribution in [0.2, 0.25) is 0 Å². The number of rotatable bonds is 3. The summed E-state index contributed by atoms with van der Waals surface area (Å²) in [4.78, 5) is 32.6. The molecule has 0 saturated carbocycles. The highest BCUT2D eigenvalue weighted by Gasteiger charge is 2.31. The van der Waals surface area contributed by atoms with Gasteiger partial charge in [-0.15, -0.1) is 0 Å². The second-order valence-electron chi connectivity index (χ2n) is 9.37. The van der Waals surface area contributed by atoms with Gasteiger partial charge < -0.3 is 19.2 Å². The summed E-state index contributed by atoms with van der Waals surface area (Å²) in [5.41, 5.74) is 3.26. The molecular formula is C24H29N3O3. The Bertz CT molecular complexity index is 1150. The molecule has 1 aliphatic heterocycles. The predicted molar refractivity (Wildman–Crippen MR) is 119 cm³/mol. The van der Waals surface area contributed by atoms with Gasteiger partial charge in [-0.05, 0) is 55.8 Å². The van der Waals surface area contributed by atoms with Crippen LogP contribution in [0.4, 0.5) is 0 Å². The Hall–Kier alpha value is -2.86. The molecule has 6 nitrogen and oxygen atoms in total. The van der Waals surface area contributed by atoms with Crippen LogP contribution in [-0.4, -0.2) is 53.9 Å². The zero-order valence-electron chi connectivity index (χ0n) is 18.3. The maximum Gasteiger partial charge on any atom is 0.257 e. The van der Waals surface area contributed by atoms with Gasteiger partial charge in [-0.1, -0.05) is 20.8 Å². The van der Waals surface area contributed by atoms with Crippen LogP contribution in [0.5, 0.6) is 0 Å². The highest BCUT2D eigenvalue weighted by atomic mass is 16.3. The molecule has 0 unspecified atom stereocenters. The van der Waals surface area contributed by atoms with Gasteiger partial charge in [0.1, 0.15) is 11.8 Å². The minimum Gasteiger partial charge on any atom is -0.463 e. The van der Waals surface area contributed by atoms with Crippen LogP contribution in [-0.2, 0) is 5.41 Å². The summed E-state index contributed by atoms with van der Waals surface area (Å²) >= 11 is 0. The van der Waals surface area contributed by atoms with Crippen LogP contribution in [0.3, 0.4) is 0 Å². The summed E-state index contributed by atoms with van der Waals surface area (Å²) in [6.07, 6.45) is 4.16. The number of nitrogens with zero attached hydrogens (tertiary/aromatic N) is 2. The minimum atomic E-state index is -0.211. The maximum absolute atomic E-state index is 13.3. The average molecular weight is 408 g/mol. The fourth-order valence-corrected chi connectivity index (χ4v) is 4.18. The molecule has 1 N–H and O–H groups in total. The number of furan rings is 1. The minimum absolute atomic E-state index is 0.0166. The third-order valence-corrected chi connectivity index (χ3v) is 6.02. The molecule has 1 aromatic carbocycles. The van der Waals surface area contributed by atoms with Crippen molar-refractivity contribution in [2.45, 2.75) is 38.6 Å². The molecule has 0 aliphatic carbocycles. The number of aromatic amines is 1. The fourth-order valence-electron chi connectivity index (χ4n) is 4.18. The number of amides is 1. The van der Waals surface area contributed by atoms with Gasteiger partial charge in [0.05, 0.1) is 5.56 Å². The van der Waals surface area contributed by atoms with Crippen molar-refractivity contribution in [1.29, 1.82) is 0 Å². The van der Waals surface area contributed by atoms with Crippen molar-refractivity contribution in [1.82, 2.24) is 14.8 Å². The molecule has 0 bridgehead atoms. The third kappa shape index (κ3) is 3.56. The summed E-state index contributed by atoms with van der Waals surface area (Å²) in [6, 6.07) is 7.89. The second kappa shape index (κ2) is 7.43. The predicted octanol–water partition coefficient (Wildman–Crippen LogP) is 3.86. The SMILES string of the molecule is CN(C)[C@@H]1CCN(C(=O)c2coc3c(C(C)(C)C)cc(-c4ccc[nH]c4=O)cc23)C1. The van der Waals surface area contributed by atoms with Crippen molar-refractivity contribution in [2.24, 2.45) is 0 Å². The molecule has 2 aromatic heterocycles. The molecule has 3 aromatic rings. The van der Waals surface area contributed by atoms with Gasteiger partial charge in [-0.2, -0.15) is 0 Å². The quantitative estimate of drug-likeness (QED) is 0.716. The third-order valence-electron chi connectivity index (χ3n) is 6.02. The lowest BCUT2D eigenvalue weighted by Crippen LogP contribution is -2.34. The zero-order valence-corrected chi connectivity index (χ0v) is 18.3. The highest BCUT2D eigenvalue weighted by molar-refractivity contribution is 6.07. The van der Waals surface area contributed by atoms with Gasteiger partial charge in [0.15, 0.2) is 0 Å². The Morgan fingerprint density at radius 3 is 2.67 bits per heavy atom. The number of H-pyrrole nitrogens is 1. The lowest BCUT2D eigenvalue weighted by Gasteiger charge is -2.21. The number of aromatic nitrogens is 1. The van der Waals surface area contributed by atoms with Crippen molar-refractivity contribution >= 4 is 16.9 Å². The average Bonchev–Trinajstić information content (AvgIpc) is 3.34. The van der Waals surface area contributed by atoms with E-state index in [0.717, 1.165) is 29.5 Å². The molecule has 1 fully saturated rings. The Balaban J connectivity index is 1.85. The first-order valence-electron chi connectivity index (χ1n) is 10.4. The largest absolute Gasteiger partial charge is 0.463 e. The van der Waals surface area contributed by atoms with Crippen LogP contribution < -0.4 is 5.56 Å². The summed E-state index contributed by atoms with van der Waals surface area (Å²) < 4.78 is 5.94. The van der Waals surface area contributed by atoms with E-state index in [9.17, 15) is 9.59 Å². The summed E-state index contributed by atoms with van der Waals surface area (Å²) in [5.74, 6) is -0.0166. The van der Waals surface area contributed by atoms with Crippen molar-refractivity contribution in [3.63, 3.8) is 0 Å². The molecule has 6 heteroatoms. The molecule has 4 rings (SSSR count). The Kier molecular flexibility index (Phi) is 5.06. The first kappa shape index (κ1) is 20.4. The first-order valence-corrected chi connectivity index (χ1v) is 10.4. The molecule has 1 atom stereocenters. The van der Waals surface area contributed by atoms with Gasteiger partial charge in [-0.25, -0.2) is 0 Å². The van der Waals surface area contributed by atoms with Crippen molar-refractivity contribution in [3.05, 3.63) is 58.2 Å². The Morgan fingerprint density at radius 2 is 2.03 bits per heavy atom. The standard InChI is InChI=1S/C24H29N3O3/c1-24(2,3)20-12-15(17-7-6-9-25-22(17)28)11-18-19(14-30-21(18)20)23(29)27-10-8-16(13-27)26(4)5/h6-7,9,11-12,14,16H,8,10,13H2,1-5H3,(H,25,28)/t16-/m1/s1. The number of benzene rings is 1. The van der Waals surface area contributed by atoms with Crippen molar-refractivity contribution < 1.29 is 9.21 Å². The maximum atomic E-state index is 13.3. The number of likely N-dealkylation sites (tertiary alicyclic amines) is 1. The number of nitrogens with one attached hydrogen (secondary N) is 1. The van der Waals surface area contributed by atoms with Crippen molar-refractivity contribution in [3.8, 4) is 11.1 Å². The molecular weight excluding hydrogens is 378 g/mol. The first-order chi connectivity index (χ1) is 14.2. The molecule has 1 amide bonds. The van der Waals surface area contributed by atoms with Crippen LogP contribution in [0.25, 0.3) is 22.1 Å². The summed E-state index contributed by atoms with van der Waals surface area (Å²) in [6.45, 7) is 7.76. The molecule has 1 aliphatic rings. The molecule has 1 saturated heterocycles.